The van der Waals surface area contributed by atoms with E-state index in [-0.39, 0.29) is 17.6 Å². The molecule has 5 aromatic rings. The molecule has 160 valence electrons. The summed E-state index contributed by atoms with van der Waals surface area (Å²) in [7, 11) is 0. The smallest absolute Gasteiger partial charge is 0.291 e. The molecule has 5 rings (SSSR count). The lowest BCUT2D eigenvalue weighted by Crippen LogP contribution is -2.14. The third-order valence-electron chi connectivity index (χ3n) is 5.06. The Morgan fingerprint density at radius 2 is 1.52 bits per heavy atom. The van der Waals surface area contributed by atoms with Crippen LogP contribution in [0.25, 0.3) is 22.2 Å². The van der Waals surface area contributed by atoms with Crippen LogP contribution in [0.5, 0.6) is 0 Å². The fraction of sp³-hybridized carbons (Fsp3) is 0. The summed E-state index contributed by atoms with van der Waals surface area (Å²) < 4.78 is 5.12. The summed E-state index contributed by atoms with van der Waals surface area (Å²) in [5.74, 6) is -0.444. The lowest BCUT2D eigenvalue weighted by Gasteiger charge is -2.12. The number of hydrogen-bond donors (Lipinski definition) is 2. The van der Waals surface area contributed by atoms with Crippen LogP contribution in [0.4, 0.5) is 11.4 Å². The van der Waals surface area contributed by atoms with Crippen LogP contribution in [0.3, 0.4) is 0 Å². The predicted molar refractivity (Wildman–Crippen MR) is 126 cm³/mol. The van der Waals surface area contributed by atoms with E-state index in [9.17, 15) is 9.59 Å². The number of furan rings is 1. The van der Waals surface area contributed by atoms with E-state index in [1.807, 2.05) is 36.4 Å². The molecule has 7 nitrogen and oxygen atoms in total. The topological polar surface area (TPSA) is 97.1 Å². The van der Waals surface area contributed by atoms with Crippen LogP contribution < -0.4 is 10.6 Å². The van der Waals surface area contributed by atoms with Gasteiger partial charge in [-0.1, -0.05) is 24.3 Å². The van der Waals surface area contributed by atoms with Crippen LogP contribution >= 0.6 is 0 Å². The van der Waals surface area contributed by atoms with Gasteiger partial charge in [-0.15, -0.1) is 0 Å². The molecule has 3 heterocycles. The first-order valence-corrected chi connectivity index (χ1v) is 10.2. The molecule has 33 heavy (non-hydrogen) atoms. The van der Waals surface area contributed by atoms with Crippen molar-refractivity contribution in [3.8, 4) is 11.3 Å². The van der Waals surface area contributed by atoms with Gasteiger partial charge in [-0.05, 0) is 54.6 Å². The van der Waals surface area contributed by atoms with Gasteiger partial charge in [0.2, 0.25) is 0 Å². The molecule has 2 N–H and O–H groups in total. The zero-order chi connectivity index (χ0) is 22.6. The maximum atomic E-state index is 13.3. The molecule has 0 fully saturated rings. The molecule has 0 unspecified atom stereocenters. The number of carbonyl (C=O) groups excluding carboxylic acids is 2. The van der Waals surface area contributed by atoms with Gasteiger partial charge < -0.3 is 15.1 Å². The van der Waals surface area contributed by atoms with E-state index in [0.717, 1.165) is 16.5 Å². The average molecular weight is 434 g/mol. The lowest BCUT2D eigenvalue weighted by atomic mass is 10.0. The van der Waals surface area contributed by atoms with Gasteiger partial charge in [-0.3, -0.25) is 14.6 Å². The van der Waals surface area contributed by atoms with Crippen LogP contribution in [0.1, 0.15) is 20.9 Å². The Bertz CT molecular complexity index is 1450. The van der Waals surface area contributed by atoms with Gasteiger partial charge in [0.1, 0.15) is 0 Å². The summed E-state index contributed by atoms with van der Waals surface area (Å²) in [5.41, 5.74) is 3.84. The van der Waals surface area contributed by atoms with Crippen molar-refractivity contribution in [2.45, 2.75) is 0 Å². The average Bonchev–Trinajstić information content (AvgIpc) is 3.39. The third kappa shape index (κ3) is 4.33. The van der Waals surface area contributed by atoms with Crippen LogP contribution in [-0.2, 0) is 0 Å². The molecule has 7 heteroatoms. The monoisotopic (exact) mass is 434 g/mol. The first kappa shape index (κ1) is 20.1. The summed E-state index contributed by atoms with van der Waals surface area (Å²) in [5, 5.41) is 6.43. The van der Waals surface area contributed by atoms with Gasteiger partial charge in [-0.2, -0.15) is 0 Å². The number of hydrogen-bond acceptors (Lipinski definition) is 5. The van der Waals surface area contributed by atoms with E-state index in [0.29, 0.717) is 22.6 Å². The van der Waals surface area contributed by atoms with Crippen molar-refractivity contribution in [2.24, 2.45) is 0 Å². The minimum absolute atomic E-state index is 0.205. The van der Waals surface area contributed by atoms with Gasteiger partial charge in [-0.25, -0.2) is 4.98 Å². The molecule has 0 saturated heterocycles. The van der Waals surface area contributed by atoms with E-state index < -0.39 is 0 Å². The molecule has 0 spiro atoms. The second-order valence-corrected chi connectivity index (χ2v) is 7.27. The van der Waals surface area contributed by atoms with Crippen molar-refractivity contribution < 1.29 is 14.0 Å². The maximum absolute atomic E-state index is 13.3. The molecular weight excluding hydrogens is 416 g/mol. The summed E-state index contributed by atoms with van der Waals surface area (Å²) >= 11 is 0. The van der Waals surface area contributed by atoms with E-state index in [1.165, 1.54) is 6.26 Å². The van der Waals surface area contributed by atoms with Crippen molar-refractivity contribution in [2.75, 3.05) is 10.6 Å². The van der Waals surface area contributed by atoms with Crippen molar-refractivity contribution in [3.63, 3.8) is 0 Å². The molecule has 2 aromatic carbocycles. The fourth-order valence-electron chi connectivity index (χ4n) is 3.51. The summed E-state index contributed by atoms with van der Waals surface area (Å²) in [6.45, 7) is 0. The summed E-state index contributed by atoms with van der Waals surface area (Å²) in [6, 6.07) is 23.1. The van der Waals surface area contributed by atoms with E-state index in [2.05, 4.69) is 15.6 Å². The van der Waals surface area contributed by atoms with Gasteiger partial charge in [0.25, 0.3) is 11.8 Å². The van der Waals surface area contributed by atoms with Crippen LogP contribution in [-0.4, -0.2) is 21.8 Å². The van der Waals surface area contributed by atoms with Crippen LogP contribution in [0, 0.1) is 0 Å². The molecule has 0 bridgehead atoms. The number of pyridine rings is 2. The molecule has 0 aliphatic rings. The molecule has 0 aliphatic carbocycles. The molecule has 2 amide bonds. The molecular formula is C26H18N4O3. The van der Waals surface area contributed by atoms with Crippen LogP contribution in [0.2, 0.25) is 0 Å². The SMILES string of the molecule is O=C(Nc1cccc(NC(=O)c2cc(-c3ccncc3)nc3ccccc23)c1)c1ccco1. The zero-order valence-electron chi connectivity index (χ0n) is 17.4. The normalized spacial score (nSPS) is 10.7. The summed E-state index contributed by atoms with van der Waals surface area (Å²) in [6.07, 6.45) is 4.81. The highest BCUT2D eigenvalue weighted by Crippen LogP contribution is 2.26. The second-order valence-electron chi connectivity index (χ2n) is 7.27. The third-order valence-corrected chi connectivity index (χ3v) is 5.06. The standard InChI is InChI=1S/C26H18N4O3/c31-25(28-18-5-3-6-19(15-18)29-26(32)24-9-4-14-33-24)21-16-23(17-10-12-27-13-11-17)30-22-8-2-1-7-20(21)22/h1-16H,(H,28,31)(H,29,32). The number of rotatable bonds is 5. The number of benzene rings is 2. The highest BCUT2D eigenvalue weighted by atomic mass is 16.3. The Balaban J connectivity index is 1.44. The minimum Gasteiger partial charge on any atom is -0.459 e. The zero-order valence-corrected chi connectivity index (χ0v) is 17.4. The highest BCUT2D eigenvalue weighted by molar-refractivity contribution is 6.13. The maximum Gasteiger partial charge on any atom is 0.291 e. The second kappa shape index (κ2) is 8.76. The fourth-order valence-corrected chi connectivity index (χ4v) is 3.51. The van der Waals surface area contributed by atoms with E-state index in [4.69, 9.17) is 9.40 Å². The van der Waals surface area contributed by atoms with E-state index >= 15 is 0 Å². The number of nitrogens with one attached hydrogen (secondary N) is 2. The molecule has 0 saturated carbocycles. The molecule has 0 atom stereocenters. The number of anilines is 2. The van der Waals surface area contributed by atoms with Crippen molar-refractivity contribution in [1.82, 2.24) is 9.97 Å². The first-order valence-electron chi connectivity index (χ1n) is 10.2. The molecule has 0 radical (unpaired) electrons. The van der Waals surface area contributed by atoms with Gasteiger partial charge >= 0.3 is 0 Å². The number of para-hydroxylation sites is 1. The Hall–Kier alpha value is -4.78. The largest absolute Gasteiger partial charge is 0.459 e. The minimum atomic E-state index is -0.370. The molecule has 3 aromatic heterocycles. The Kier molecular flexibility index (Phi) is 5.35. The number of amides is 2. The van der Waals surface area contributed by atoms with E-state index in [1.54, 1.807) is 54.9 Å². The lowest BCUT2D eigenvalue weighted by molar-refractivity contribution is 0.0995. The van der Waals surface area contributed by atoms with Crippen molar-refractivity contribution in [3.05, 3.63) is 109 Å². The highest BCUT2D eigenvalue weighted by Gasteiger charge is 2.15. The van der Waals surface area contributed by atoms with Crippen molar-refractivity contribution >= 4 is 34.1 Å². The Morgan fingerprint density at radius 1 is 0.758 bits per heavy atom. The number of nitrogens with zero attached hydrogens (tertiary/aromatic N) is 2. The Morgan fingerprint density at radius 3 is 2.27 bits per heavy atom. The van der Waals surface area contributed by atoms with Gasteiger partial charge in [0, 0.05) is 34.7 Å². The van der Waals surface area contributed by atoms with Crippen LogP contribution in [0.15, 0.2) is 102 Å². The van der Waals surface area contributed by atoms with Gasteiger partial charge in [0.05, 0.1) is 23.0 Å². The first-order chi connectivity index (χ1) is 16.2. The number of fused-ring (bicyclic) bond motifs is 1. The number of aromatic nitrogens is 2. The number of carbonyl (C=O) groups is 2. The molecule has 0 aliphatic heterocycles. The quantitative estimate of drug-likeness (QED) is 0.386. The van der Waals surface area contributed by atoms with Crippen molar-refractivity contribution in [1.29, 1.82) is 0 Å². The summed E-state index contributed by atoms with van der Waals surface area (Å²) in [4.78, 5) is 34.3. The predicted octanol–water partition coefficient (Wildman–Crippen LogP) is 5.39. The Labute approximate surface area is 189 Å². The van der Waals surface area contributed by atoms with Gasteiger partial charge in [0.15, 0.2) is 5.76 Å².